The number of hydrogen-bond acceptors (Lipinski definition) is 5. The third-order valence-electron chi connectivity index (χ3n) is 2.78. The number of sulfone groups is 1. The zero-order valence-electron chi connectivity index (χ0n) is 11.2. The first-order chi connectivity index (χ1) is 9.90. The molecule has 0 spiro atoms. The van der Waals surface area contributed by atoms with Crippen LogP contribution in [0.5, 0.6) is 0 Å². The lowest BCUT2D eigenvalue weighted by Gasteiger charge is -2.06. The van der Waals surface area contributed by atoms with Crippen molar-refractivity contribution in [3.8, 4) is 0 Å². The van der Waals surface area contributed by atoms with Crippen molar-refractivity contribution in [1.29, 1.82) is 0 Å². The predicted octanol–water partition coefficient (Wildman–Crippen LogP) is 2.31. The Morgan fingerprint density at radius 1 is 1.33 bits per heavy atom. The van der Waals surface area contributed by atoms with Crippen LogP contribution in [0, 0.1) is 6.92 Å². The normalized spacial score (nSPS) is 11.3. The van der Waals surface area contributed by atoms with Crippen molar-refractivity contribution in [1.82, 2.24) is 10.3 Å². The van der Waals surface area contributed by atoms with Crippen molar-refractivity contribution in [3.05, 3.63) is 45.4 Å². The molecule has 0 bridgehead atoms. The molecule has 0 unspecified atom stereocenters. The minimum atomic E-state index is -3.44. The number of hydrogen-bond donors (Lipinski definition) is 1. The van der Waals surface area contributed by atoms with E-state index >= 15 is 0 Å². The Morgan fingerprint density at radius 2 is 2.00 bits per heavy atom. The van der Waals surface area contributed by atoms with Gasteiger partial charge in [0.05, 0.1) is 21.9 Å². The number of amides is 1. The number of halogens is 1. The molecule has 0 radical (unpaired) electrons. The average Bonchev–Trinajstić information content (AvgIpc) is 2.85. The number of aryl methyl sites for hydroxylation is 1. The van der Waals surface area contributed by atoms with E-state index in [1.165, 1.54) is 35.6 Å². The Kier molecular flexibility index (Phi) is 4.97. The van der Waals surface area contributed by atoms with Gasteiger partial charge in [-0.05, 0) is 31.2 Å². The minimum absolute atomic E-state index is 0.0428. The van der Waals surface area contributed by atoms with E-state index in [1.807, 2.05) is 0 Å². The Balaban J connectivity index is 1.95. The molecule has 1 N–H and O–H groups in total. The van der Waals surface area contributed by atoms with Gasteiger partial charge in [0.25, 0.3) is 5.91 Å². The second kappa shape index (κ2) is 6.55. The van der Waals surface area contributed by atoms with Gasteiger partial charge in [-0.1, -0.05) is 11.6 Å². The Bertz CT molecular complexity index is 739. The van der Waals surface area contributed by atoms with Crippen LogP contribution < -0.4 is 5.32 Å². The van der Waals surface area contributed by atoms with Gasteiger partial charge in [-0.25, -0.2) is 13.4 Å². The molecule has 8 heteroatoms. The summed E-state index contributed by atoms with van der Waals surface area (Å²) in [6, 6.07) is 5.95. The summed E-state index contributed by atoms with van der Waals surface area (Å²) in [4.78, 5) is 16.5. The van der Waals surface area contributed by atoms with Gasteiger partial charge in [0.2, 0.25) is 0 Å². The molecule has 2 aromatic rings. The number of thiazole rings is 1. The van der Waals surface area contributed by atoms with E-state index < -0.39 is 9.84 Å². The van der Waals surface area contributed by atoms with Gasteiger partial charge in [-0.15, -0.1) is 11.3 Å². The maximum absolute atomic E-state index is 12.1. The summed E-state index contributed by atoms with van der Waals surface area (Å²) in [5.41, 5.74) is 2.22. The summed E-state index contributed by atoms with van der Waals surface area (Å²) < 4.78 is 24.1. The van der Waals surface area contributed by atoms with Crippen LogP contribution in [0.15, 0.2) is 34.7 Å². The van der Waals surface area contributed by atoms with Gasteiger partial charge in [-0.2, -0.15) is 0 Å². The highest BCUT2D eigenvalue weighted by atomic mass is 35.5. The predicted molar refractivity (Wildman–Crippen MR) is 82.7 cm³/mol. The number of rotatable bonds is 5. The van der Waals surface area contributed by atoms with Gasteiger partial charge in [0, 0.05) is 11.6 Å². The Morgan fingerprint density at radius 3 is 2.57 bits per heavy atom. The summed E-state index contributed by atoms with van der Waals surface area (Å²) >= 11 is 6.95. The fourth-order valence-electron chi connectivity index (χ4n) is 1.66. The highest BCUT2D eigenvalue weighted by Gasteiger charge is 2.16. The van der Waals surface area contributed by atoms with Crippen LogP contribution in [-0.2, 0) is 9.84 Å². The highest BCUT2D eigenvalue weighted by Crippen LogP contribution is 2.15. The molecule has 0 aliphatic heterocycles. The molecule has 5 nitrogen and oxygen atoms in total. The standard InChI is InChI=1S/C13H13ClN2O3S2/c1-9-12(20-8-16-9)13(17)15-6-7-21(18,19)11-4-2-10(14)3-5-11/h2-5,8H,6-7H2,1H3,(H,15,17). The summed E-state index contributed by atoms with van der Waals surface area (Å²) in [6.07, 6.45) is 0. The molecule has 1 amide bonds. The summed E-state index contributed by atoms with van der Waals surface area (Å²) in [6.45, 7) is 1.77. The number of carbonyl (C=O) groups is 1. The number of nitrogens with one attached hydrogen (secondary N) is 1. The van der Waals surface area contributed by atoms with Crippen LogP contribution in [0.25, 0.3) is 0 Å². The SMILES string of the molecule is Cc1ncsc1C(=O)NCCS(=O)(=O)c1ccc(Cl)cc1. The molecule has 0 fully saturated rings. The van der Waals surface area contributed by atoms with Crippen LogP contribution in [0.2, 0.25) is 5.02 Å². The molecule has 2 rings (SSSR count). The topological polar surface area (TPSA) is 76.1 Å². The number of aromatic nitrogens is 1. The zero-order valence-corrected chi connectivity index (χ0v) is 13.6. The lowest BCUT2D eigenvalue weighted by atomic mass is 10.4. The second-order valence-electron chi connectivity index (χ2n) is 4.30. The van der Waals surface area contributed by atoms with Gasteiger partial charge < -0.3 is 5.32 Å². The van der Waals surface area contributed by atoms with E-state index in [0.717, 1.165) is 0 Å². The van der Waals surface area contributed by atoms with E-state index in [2.05, 4.69) is 10.3 Å². The van der Waals surface area contributed by atoms with Gasteiger partial charge >= 0.3 is 0 Å². The molecule has 1 aromatic carbocycles. The zero-order chi connectivity index (χ0) is 15.5. The smallest absolute Gasteiger partial charge is 0.263 e. The van der Waals surface area contributed by atoms with Crippen LogP contribution in [0.4, 0.5) is 0 Å². The first kappa shape index (κ1) is 15.9. The molecule has 0 saturated heterocycles. The van der Waals surface area contributed by atoms with Gasteiger partial charge in [0.15, 0.2) is 9.84 Å². The van der Waals surface area contributed by atoms with E-state index in [-0.39, 0.29) is 23.1 Å². The van der Waals surface area contributed by atoms with Crippen molar-refractivity contribution in [2.45, 2.75) is 11.8 Å². The van der Waals surface area contributed by atoms with Crippen molar-refractivity contribution < 1.29 is 13.2 Å². The lowest BCUT2D eigenvalue weighted by Crippen LogP contribution is -2.29. The Hall–Kier alpha value is -1.44. The summed E-state index contributed by atoms with van der Waals surface area (Å²) in [5, 5.41) is 3.06. The molecule has 21 heavy (non-hydrogen) atoms. The van der Waals surface area contributed by atoms with Crippen molar-refractivity contribution >= 4 is 38.7 Å². The molecule has 1 heterocycles. The third-order valence-corrected chi connectivity index (χ3v) is 5.69. The minimum Gasteiger partial charge on any atom is -0.350 e. The van der Waals surface area contributed by atoms with E-state index in [4.69, 9.17) is 11.6 Å². The van der Waals surface area contributed by atoms with E-state index in [9.17, 15) is 13.2 Å². The molecule has 1 aromatic heterocycles. The maximum atomic E-state index is 12.1. The number of carbonyl (C=O) groups excluding carboxylic acids is 1. The molecular formula is C13H13ClN2O3S2. The lowest BCUT2D eigenvalue weighted by molar-refractivity contribution is 0.0959. The fraction of sp³-hybridized carbons (Fsp3) is 0.231. The van der Waals surface area contributed by atoms with Crippen molar-refractivity contribution in [3.63, 3.8) is 0 Å². The quantitative estimate of drug-likeness (QED) is 0.903. The number of benzene rings is 1. The first-order valence-corrected chi connectivity index (χ1v) is 8.98. The maximum Gasteiger partial charge on any atom is 0.263 e. The molecule has 112 valence electrons. The van der Waals surface area contributed by atoms with Crippen LogP contribution in [-0.4, -0.2) is 31.6 Å². The van der Waals surface area contributed by atoms with Crippen molar-refractivity contribution in [2.75, 3.05) is 12.3 Å². The summed E-state index contributed by atoms with van der Waals surface area (Å²) in [5.74, 6) is -0.473. The van der Waals surface area contributed by atoms with Gasteiger partial charge in [0.1, 0.15) is 4.88 Å². The molecule has 0 atom stereocenters. The van der Waals surface area contributed by atoms with Gasteiger partial charge in [-0.3, -0.25) is 4.79 Å². The monoisotopic (exact) mass is 344 g/mol. The fourth-order valence-corrected chi connectivity index (χ4v) is 3.66. The van der Waals surface area contributed by atoms with Crippen LogP contribution >= 0.6 is 22.9 Å². The third kappa shape index (κ3) is 4.03. The van der Waals surface area contributed by atoms with Crippen molar-refractivity contribution in [2.24, 2.45) is 0 Å². The molecule has 0 aliphatic rings. The number of nitrogens with zero attached hydrogens (tertiary/aromatic N) is 1. The Labute approximate surface area is 131 Å². The first-order valence-electron chi connectivity index (χ1n) is 6.07. The average molecular weight is 345 g/mol. The van der Waals surface area contributed by atoms with E-state index in [0.29, 0.717) is 15.6 Å². The highest BCUT2D eigenvalue weighted by molar-refractivity contribution is 7.91. The second-order valence-corrected chi connectivity index (χ2v) is 7.70. The van der Waals surface area contributed by atoms with Crippen LogP contribution in [0.3, 0.4) is 0 Å². The van der Waals surface area contributed by atoms with E-state index in [1.54, 1.807) is 12.4 Å². The molecule has 0 saturated carbocycles. The molecular weight excluding hydrogens is 332 g/mol. The van der Waals surface area contributed by atoms with Crippen LogP contribution in [0.1, 0.15) is 15.4 Å². The molecule has 0 aliphatic carbocycles. The largest absolute Gasteiger partial charge is 0.350 e. The summed E-state index contributed by atoms with van der Waals surface area (Å²) in [7, 11) is -3.44.